The predicted octanol–water partition coefficient (Wildman–Crippen LogP) is -0.0122. The summed E-state index contributed by atoms with van der Waals surface area (Å²) in [7, 11) is 4.37. The van der Waals surface area contributed by atoms with Gasteiger partial charge in [-0.15, -0.1) is 0 Å². The molecule has 0 fully saturated rings. The third kappa shape index (κ3) is 3.20. The molecule has 0 saturated heterocycles. The van der Waals surface area contributed by atoms with Crippen LogP contribution in [0.3, 0.4) is 0 Å². The fraction of sp³-hybridized carbons (Fsp3) is 0.250. The van der Waals surface area contributed by atoms with Gasteiger partial charge in [0.25, 0.3) is 5.56 Å². The molecular formula is C16H17N5O3. The first-order valence-corrected chi connectivity index (χ1v) is 7.15. The molecule has 124 valence electrons. The average molecular weight is 327 g/mol. The number of hydrogen-bond donors (Lipinski definition) is 2. The van der Waals surface area contributed by atoms with Crippen molar-refractivity contribution in [1.82, 2.24) is 14.5 Å². The van der Waals surface area contributed by atoms with Crippen LogP contribution in [0.25, 0.3) is 0 Å². The van der Waals surface area contributed by atoms with Gasteiger partial charge in [0, 0.05) is 26.8 Å². The maximum absolute atomic E-state index is 12.0. The molecular weight excluding hydrogens is 310 g/mol. The molecule has 1 amide bonds. The number of anilines is 2. The summed E-state index contributed by atoms with van der Waals surface area (Å²) in [5.41, 5.74) is 0.0831. The Morgan fingerprint density at radius 2 is 1.79 bits per heavy atom. The lowest BCUT2D eigenvalue weighted by atomic mass is 10.1. The van der Waals surface area contributed by atoms with Crippen LogP contribution < -0.4 is 21.9 Å². The predicted molar refractivity (Wildman–Crippen MR) is 89.1 cm³/mol. The molecule has 1 aromatic heterocycles. The Morgan fingerprint density at radius 1 is 1.17 bits per heavy atom. The zero-order chi connectivity index (χ0) is 17.9. The number of nitriles is 1. The summed E-state index contributed by atoms with van der Waals surface area (Å²) in [6, 6.07) is 8.75. The van der Waals surface area contributed by atoms with Gasteiger partial charge in [-0.1, -0.05) is 12.1 Å². The van der Waals surface area contributed by atoms with E-state index in [1.54, 1.807) is 31.3 Å². The number of likely N-dealkylation sites (N-methyl/N-ethyl adjacent to an activating group) is 1. The Bertz CT molecular complexity index is 932. The molecule has 24 heavy (non-hydrogen) atoms. The van der Waals surface area contributed by atoms with E-state index in [4.69, 9.17) is 0 Å². The second-order valence-corrected chi connectivity index (χ2v) is 5.21. The highest BCUT2D eigenvalue weighted by Crippen LogP contribution is 2.17. The molecule has 0 unspecified atom stereocenters. The molecule has 0 aliphatic heterocycles. The summed E-state index contributed by atoms with van der Waals surface area (Å²) >= 11 is 0. The average Bonchev–Trinajstić information content (AvgIpc) is 2.59. The number of aromatic nitrogens is 2. The van der Waals surface area contributed by atoms with Gasteiger partial charge >= 0.3 is 5.69 Å². The number of carbonyl (C=O) groups excluding carboxylic acids is 1. The highest BCUT2D eigenvalue weighted by atomic mass is 16.2. The van der Waals surface area contributed by atoms with Crippen molar-refractivity contribution in [2.45, 2.75) is 6.42 Å². The lowest BCUT2D eigenvalue weighted by Crippen LogP contribution is -2.39. The molecule has 1 aromatic carbocycles. The number of nitrogens with one attached hydrogen (secondary N) is 2. The fourth-order valence-electron chi connectivity index (χ4n) is 2.21. The van der Waals surface area contributed by atoms with Crippen LogP contribution in [0.2, 0.25) is 0 Å². The first kappa shape index (κ1) is 17.0. The Hall–Kier alpha value is -3.34. The smallest absolute Gasteiger partial charge is 0.332 e. The SMILES string of the molecule is CNC(=O)Cc1ccc(Nc2c(C#N)c(=O)n(C)c(=O)n2C)cc1. The van der Waals surface area contributed by atoms with E-state index in [1.165, 1.54) is 18.7 Å². The molecule has 8 heteroatoms. The molecule has 1 heterocycles. The molecule has 8 nitrogen and oxygen atoms in total. The van der Waals surface area contributed by atoms with Crippen LogP contribution in [0.1, 0.15) is 11.1 Å². The zero-order valence-corrected chi connectivity index (χ0v) is 13.6. The molecule has 2 rings (SSSR count). The van der Waals surface area contributed by atoms with Gasteiger partial charge in [-0.05, 0) is 17.7 Å². The van der Waals surface area contributed by atoms with E-state index in [0.29, 0.717) is 5.69 Å². The van der Waals surface area contributed by atoms with Crippen molar-refractivity contribution in [2.75, 3.05) is 12.4 Å². The number of rotatable bonds is 4. The third-order valence-electron chi connectivity index (χ3n) is 3.64. The highest BCUT2D eigenvalue weighted by molar-refractivity contribution is 5.78. The fourth-order valence-corrected chi connectivity index (χ4v) is 2.21. The molecule has 0 atom stereocenters. The van der Waals surface area contributed by atoms with E-state index in [2.05, 4.69) is 10.6 Å². The van der Waals surface area contributed by atoms with Crippen LogP contribution in [0.5, 0.6) is 0 Å². The summed E-state index contributed by atoms with van der Waals surface area (Å²) in [4.78, 5) is 35.4. The van der Waals surface area contributed by atoms with Crippen molar-refractivity contribution < 1.29 is 4.79 Å². The van der Waals surface area contributed by atoms with Gasteiger partial charge in [-0.25, -0.2) is 4.79 Å². The maximum atomic E-state index is 12.0. The van der Waals surface area contributed by atoms with Gasteiger partial charge in [-0.2, -0.15) is 5.26 Å². The Kier molecular flexibility index (Phi) is 4.84. The summed E-state index contributed by atoms with van der Waals surface area (Å²) in [6.45, 7) is 0. The van der Waals surface area contributed by atoms with Gasteiger partial charge in [0.1, 0.15) is 11.9 Å². The Morgan fingerprint density at radius 3 is 2.33 bits per heavy atom. The highest BCUT2D eigenvalue weighted by Gasteiger charge is 2.15. The standard InChI is InChI=1S/C16H17N5O3/c1-18-13(22)8-10-4-6-11(7-5-10)19-14-12(9-17)15(23)21(3)16(24)20(14)2/h4-7,19H,8H2,1-3H3,(H,18,22). The quantitative estimate of drug-likeness (QED) is 0.821. The molecule has 0 aliphatic carbocycles. The Balaban J connectivity index is 2.39. The summed E-state index contributed by atoms with van der Waals surface area (Å²) in [5.74, 6) is 0.0288. The van der Waals surface area contributed by atoms with E-state index >= 15 is 0 Å². The number of carbonyl (C=O) groups is 1. The van der Waals surface area contributed by atoms with E-state index < -0.39 is 11.2 Å². The van der Waals surface area contributed by atoms with E-state index in [-0.39, 0.29) is 23.7 Å². The van der Waals surface area contributed by atoms with Crippen LogP contribution >= 0.6 is 0 Å². The minimum Gasteiger partial charge on any atom is -0.359 e. The van der Waals surface area contributed by atoms with Gasteiger partial charge in [0.2, 0.25) is 5.91 Å². The van der Waals surface area contributed by atoms with Crippen LogP contribution in [0.15, 0.2) is 33.9 Å². The van der Waals surface area contributed by atoms with Crippen molar-refractivity contribution in [3.63, 3.8) is 0 Å². The first-order chi connectivity index (χ1) is 11.4. The molecule has 2 N–H and O–H groups in total. The number of amides is 1. The number of nitrogens with zero attached hydrogens (tertiary/aromatic N) is 3. The topological polar surface area (TPSA) is 109 Å². The summed E-state index contributed by atoms with van der Waals surface area (Å²) in [6.07, 6.45) is 0.255. The lowest BCUT2D eigenvalue weighted by Gasteiger charge is -2.14. The molecule has 0 bridgehead atoms. The zero-order valence-electron chi connectivity index (χ0n) is 13.6. The summed E-state index contributed by atoms with van der Waals surface area (Å²) in [5, 5.41) is 14.7. The van der Waals surface area contributed by atoms with Crippen molar-refractivity contribution in [3.8, 4) is 6.07 Å². The van der Waals surface area contributed by atoms with Crippen LogP contribution in [-0.4, -0.2) is 22.1 Å². The minimum absolute atomic E-state index is 0.101. The molecule has 0 saturated carbocycles. The normalized spacial score (nSPS) is 10.1. The third-order valence-corrected chi connectivity index (χ3v) is 3.64. The molecule has 0 radical (unpaired) electrons. The van der Waals surface area contributed by atoms with Crippen LogP contribution in [0.4, 0.5) is 11.5 Å². The van der Waals surface area contributed by atoms with Crippen molar-refractivity contribution >= 4 is 17.4 Å². The largest absolute Gasteiger partial charge is 0.359 e. The number of hydrogen-bond acceptors (Lipinski definition) is 5. The van der Waals surface area contributed by atoms with E-state index in [1.807, 2.05) is 6.07 Å². The second kappa shape index (κ2) is 6.83. The van der Waals surface area contributed by atoms with Gasteiger partial charge in [0.05, 0.1) is 6.42 Å². The lowest BCUT2D eigenvalue weighted by molar-refractivity contribution is -0.119. The van der Waals surface area contributed by atoms with Crippen molar-refractivity contribution in [1.29, 1.82) is 5.26 Å². The van der Waals surface area contributed by atoms with Gasteiger partial charge in [0.15, 0.2) is 5.56 Å². The minimum atomic E-state index is -0.653. The second-order valence-electron chi connectivity index (χ2n) is 5.21. The van der Waals surface area contributed by atoms with Gasteiger partial charge < -0.3 is 10.6 Å². The summed E-state index contributed by atoms with van der Waals surface area (Å²) < 4.78 is 2.09. The first-order valence-electron chi connectivity index (χ1n) is 7.15. The van der Waals surface area contributed by atoms with E-state index in [0.717, 1.165) is 10.1 Å². The van der Waals surface area contributed by atoms with Crippen LogP contribution in [-0.2, 0) is 25.3 Å². The molecule has 0 aliphatic rings. The Labute approximate surface area is 138 Å². The van der Waals surface area contributed by atoms with E-state index in [9.17, 15) is 19.6 Å². The molecule has 2 aromatic rings. The maximum Gasteiger partial charge on any atom is 0.332 e. The van der Waals surface area contributed by atoms with Crippen molar-refractivity contribution in [2.24, 2.45) is 14.1 Å². The van der Waals surface area contributed by atoms with Crippen molar-refractivity contribution in [3.05, 3.63) is 56.2 Å². The molecule has 0 spiro atoms. The number of benzene rings is 1. The van der Waals surface area contributed by atoms with Gasteiger partial charge in [-0.3, -0.25) is 18.7 Å². The van der Waals surface area contributed by atoms with Crippen LogP contribution in [0, 0.1) is 11.3 Å². The monoisotopic (exact) mass is 327 g/mol.